The largest absolute Gasteiger partial charge is 0.508 e. The van der Waals surface area contributed by atoms with Crippen LogP contribution in [-0.4, -0.2) is 21.3 Å². The zero-order valence-corrected chi connectivity index (χ0v) is 9.47. The molecule has 0 atom stereocenters. The van der Waals surface area contributed by atoms with E-state index in [2.05, 4.69) is 0 Å². The minimum Gasteiger partial charge on any atom is -0.508 e. The molecule has 0 heterocycles. The van der Waals surface area contributed by atoms with Crippen LogP contribution in [0.5, 0.6) is 5.75 Å². The third-order valence-electron chi connectivity index (χ3n) is 3.57. The average molecular weight is 236 g/mol. The van der Waals surface area contributed by atoms with Crippen molar-refractivity contribution in [3.05, 3.63) is 29.8 Å². The number of rotatable bonds is 2. The highest BCUT2D eigenvalue weighted by Crippen LogP contribution is 2.39. The van der Waals surface area contributed by atoms with Gasteiger partial charge in [-0.15, -0.1) is 0 Å². The lowest BCUT2D eigenvalue weighted by Gasteiger charge is -2.35. The van der Waals surface area contributed by atoms with Crippen molar-refractivity contribution in [1.29, 1.82) is 0 Å². The summed E-state index contributed by atoms with van der Waals surface area (Å²) in [5.74, 6) is -0.957. The summed E-state index contributed by atoms with van der Waals surface area (Å²) in [7, 11) is 0. The molecule has 0 amide bonds. The molecule has 0 radical (unpaired) electrons. The van der Waals surface area contributed by atoms with Gasteiger partial charge in [0.2, 0.25) is 0 Å². The predicted octanol–water partition coefficient (Wildman–Crippen LogP) is 1.85. The van der Waals surface area contributed by atoms with Gasteiger partial charge < -0.3 is 15.3 Å². The maximum atomic E-state index is 10.8. The number of aliphatic hydroxyl groups is 1. The Kier molecular flexibility index (Phi) is 3.07. The third-order valence-corrected chi connectivity index (χ3v) is 3.57. The van der Waals surface area contributed by atoms with E-state index in [1.165, 1.54) is 12.1 Å². The highest BCUT2D eigenvalue weighted by Gasteiger charge is 2.36. The molecule has 92 valence electrons. The Morgan fingerprint density at radius 2 is 1.71 bits per heavy atom. The van der Waals surface area contributed by atoms with Crippen molar-refractivity contribution in [1.82, 2.24) is 0 Å². The molecule has 4 heteroatoms. The summed E-state index contributed by atoms with van der Waals surface area (Å²) < 4.78 is 0. The molecule has 1 saturated carbocycles. The fraction of sp³-hybridized carbons (Fsp3) is 0.462. The molecular weight excluding hydrogens is 220 g/mol. The van der Waals surface area contributed by atoms with E-state index in [4.69, 9.17) is 5.11 Å². The summed E-state index contributed by atoms with van der Waals surface area (Å²) in [6.45, 7) is 0. The number of benzene rings is 1. The first-order valence-corrected chi connectivity index (χ1v) is 5.76. The normalized spacial score (nSPS) is 28.9. The SMILES string of the molecule is O=C(O)C1CCC(O)(c2ccc(O)cc2)CC1. The lowest BCUT2D eigenvalue weighted by molar-refractivity contribution is -0.145. The third kappa shape index (κ3) is 2.42. The van der Waals surface area contributed by atoms with Gasteiger partial charge in [-0.25, -0.2) is 0 Å². The van der Waals surface area contributed by atoms with Crippen LogP contribution in [-0.2, 0) is 10.4 Å². The summed E-state index contributed by atoms with van der Waals surface area (Å²) in [6.07, 6.45) is 1.89. The first-order valence-electron chi connectivity index (χ1n) is 5.76. The quantitative estimate of drug-likeness (QED) is 0.732. The Bertz CT molecular complexity index is 402. The van der Waals surface area contributed by atoms with Gasteiger partial charge in [-0.3, -0.25) is 4.79 Å². The molecule has 0 spiro atoms. The summed E-state index contributed by atoms with van der Waals surface area (Å²) in [4.78, 5) is 10.8. The molecule has 0 aromatic heterocycles. The van der Waals surface area contributed by atoms with Crippen molar-refractivity contribution in [2.45, 2.75) is 31.3 Å². The van der Waals surface area contributed by atoms with Gasteiger partial charge in [0, 0.05) is 0 Å². The zero-order valence-electron chi connectivity index (χ0n) is 9.47. The molecule has 17 heavy (non-hydrogen) atoms. The van der Waals surface area contributed by atoms with Crippen LogP contribution in [0.3, 0.4) is 0 Å². The number of phenols is 1. The van der Waals surface area contributed by atoms with E-state index in [1.807, 2.05) is 0 Å². The molecule has 0 unspecified atom stereocenters. The molecule has 3 N–H and O–H groups in total. The second-order valence-electron chi connectivity index (χ2n) is 4.69. The first kappa shape index (κ1) is 11.9. The number of phenolic OH excluding ortho intramolecular Hbond substituents is 1. The van der Waals surface area contributed by atoms with E-state index in [-0.39, 0.29) is 11.7 Å². The van der Waals surface area contributed by atoms with Crippen LogP contribution in [0.25, 0.3) is 0 Å². The number of carbonyl (C=O) groups is 1. The Morgan fingerprint density at radius 1 is 1.18 bits per heavy atom. The minimum atomic E-state index is -0.945. The molecule has 0 aliphatic heterocycles. The molecule has 1 aromatic carbocycles. The van der Waals surface area contributed by atoms with Crippen molar-refractivity contribution in [2.24, 2.45) is 5.92 Å². The van der Waals surface area contributed by atoms with Crippen LogP contribution in [0.2, 0.25) is 0 Å². The Morgan fingerprint density at radius 3 is 2.18 bits per heavy atom. The highest BCUT2D eigenvalue weighted by molar-refractivity contribution is 5.70. The van der Waals surface area contributed by atoms with Crippen molar-refractivity contribution >= 4 is 5.97 Å². The lowest BCUT2D eigenvalue weighted by Crippen LogP contribution is -2.33. The molecule has 1 fully saturated rings. The van der Waals surface area contributed by atoms with Crippen LogP contribution in [0.4, 0.5) is 0 Å². The van der Waals surface area contributed by atoms with E-state index < -0.39 is 11.6 Å². The van der Waals surface area contributed by atoms with Gasteiger partial charge in [0.25, 0.3) is 0 Å². The fourth-order valence-electron chi connectivity index (χ4n) is 2.40. The smallest absolute Gasteiger partial charge is 0.306 e. The molecule has 1 aromatic rings. The van der Waals surface area contributed by atoms with Gasteiger partial charge in [0.05, 0.1) is 11.5 Å². The minimum absolute atomic E-state index is 0.163. The van der Waals surface area contributed by atoms with Crippen LogP contribution in [0.15, 0.2) is 24.3 Å². The molecule has 4 nitrogen and oxygen atoms in total. The van der Waals surface area contributed by atoms with Crippen LogP contribution >= 0.6 is 0 Å². The van der Waals surface area contributed by atoms with Crippen molar-refractivity contribution in [2.75, 3.05) is 0 Å². The molecular formula is C13H16O4. The predicted molar refractivity (Wildman–Crippen MR) is 61.6 cm³/mol. The van der Waals surface area contributed by atoms with Crippen LogP contribution in [0.1, 0.15) is 31.2 Å². The van der Waals surface area contributed by atoms with Gasteiger partial charge >= 0.3 is 5.97 Å². The Balaban J connectivity index is 2.11. The molecule has 1 aliphatic carbocycles. The molecule has 1 aliphatic rings. The first-order chi connectivity index (χ1) is 8.01. The van der Waals surface area contributed by atoms with E-state index in [0.717, 1.165) is 5.56 Å². The number of hydrogen-bond acceptors (Lipinski definition) is 3. The monoisotopic (exact) mass is 236 g/mol. The number of carboxylic acids is 1. The Hall–Kier alpha value is -1.55. The van der Waals surface area contributed by atoms with Gasteiger partial charge in [0.1, 0.15) is 5.75 Å². The van der Waals surface area contributed by atoms with Gasteiger partial charge in [0.15, 0.2) is 0 Å². The van der Waals surface area contributed by atoms with Gasteiger partial charge in [-0.05, 0) is 43.4 Å². The van der Waals surface area contributed by atoms with Crippen LogP contribution in [0, 0.1) is 5.92 Å². The van der Waals surface area contributed by atoms with Gasteiger partial charge in [-0.1, -0.05) is 12.1 Å². The van der Waals surface area contributed by atoms with Gasteiger partial charge in [-0.2, -0.15) is 0 Å². The molecule has 0 saturated heterocycles. The maximum absolute atomic E-state index is 10.8. The molecule has 2 rings (SSSR count). The van der Waals surface area contributed by atoms with E-state index in [1.54, 1.807) is 12.1 Å². The van der Waals surface area contributed by atoms with E-state index in [9.17, 15) is 15.0 Å². The second-order valence-corrected chi connectivity index (χ2v) is 4.69. The maximum Gasteiger partial charge on any atom is 0.306 e. The number of aromatic hydroxyl groups is 1. The number of aliphatic carboxylic acids is 1. The topological polar surface area (TPSA) is 77.8 Å². The van der Waals surface area contributed by atoms with Crippen molar-refractivity contribution < 1.29 is 20.1 Å². The summed E-state index contributed by atoms with van der Waals surface area (Å²) >= 11 is 0. The van der Waals surface area contributed by atoms with Crippen molar-refractivity contribution in [3.8, 4) is 5.75 Å². The number of hydrogen-bond donors (Lipinski definition) is 3. The van der Waals surface area contributed by atoms with Crippen molar-refractivity contribution in [3.63, 3.8) is 0 Å². The lowest BCUT2D eigenvalue weighted by atomic mass is 9.75. The fourth-order valence-corrected chi connectivity index (χ4v) is 2.40. The summed E-state index contributed by atoms with van der Waals surface area (Å²) in [5, 5.41) is 28.6. The van der Waals surface area contributed by atoms with E-state index in [0.29, 0.717) is 25.7 Å². The molecule has 0 bridgehead atoms. The van der Waals surface area contributed by atoms with E-state index >= 15 is 0 Å². The zero-order chi connectivity index (χ0) is 12.5. The average Bonchev–Trinajstić information content (AvgIpc) is 2.30. The second kappa shape index (κ2) is 4.37. The standard InChI is InChI=1S/C13H16O4/c14-11-3-1-10(2-4-11)13(17)7-5-9(6-8-13)12(15)16/h1-4,9,14,17H,5-8H2,(H,15,16). The number of carboxylic acid groups (broad SMARTS) is 1. The van der Waals surface area contributed by atoms with Crippen LogP contribution < -0.4 is 0 Å². The highest BCUT2D eigenvalue weighted by atomic mass is 16.4. The summed E-state index contributed by atoms with van der Waals surface area (Å²) in [5.41, 5.74) is -0.196. The Labute approximate surface area is 99.5 Å². The summed E-state index contributed by atoms with van der Waals surface area (Å²) in [6, 6.07) is 6.46.